The Bertz CT molecular complexity index is 320. The first-order valence-electron chi connectivity index (χ1n) is 4.79. The minimum absolute atomic E-state index is 0.0863. The van der Waals surface area contributed by atoms with Crippen molar-refractivity contribution in [2.75, 3.05) is 0 Å². The number of carbonyl (C=O) groups is 1. The molecule has 1 N–H and O–H groups in total. The largest absolute Gasteiger partial charge is 0.505 e. The summed E-state index contributed by atoms with van der Waals surface area (Å²) in [6.07, 6.45) is 5.26. The van der Waals surface area contributed by atoms with Crippen molar-refractivity contribution in [3.63, 3.8) is 0 Å². The van der Waals surface area contributed by atoms with Crippen LogP contribution in [0.5, 0.6) is 0 Å². The van der Waals surface area contributed by atoms with E-state index in [2.05, 4.69) is 17.3 Å². The fourth-order valence-electron chi connectivity index (χ4n) is 1.03. The van der Waals surface area contributed by atoms with Crippen molar-refractivity contribution in [3.8, 4) is 0 Å². The van der Waals surface area contributed by atoms with Gasteiger partial charge in [-0.15, -0.1) is 5.73 Å². The zero-order valence-corrected chi connectivity index (χ0v) is 8.65. The molecule has 0 aliphatic carbocycles. The van der Waals surface area contributed by atoms with Gasteiger partial charge < -0.3 is 5.11 Å². The number of carbonyl (C=O) groups excluding carboxylic acids is 1. The Morgan fingerprint density at radius 2 is 2.20 bits per heavy atom. The fourth-order valence-corrected chi connectivity index (χ4v) is 1.03. The van der Waals surface area contributed by atoms with E-state index in [1.165, 1.54) is 0 Å². The highest BCUT2D eigenvalue weighted by atomic mass is 16.3. The maximum absolute atomic E-state index is 11.2. The molecular weight excluding hydrogens is 192 g/mol. The van der Waals surface area contributed by atoms with Gasteiger partial charge in [-0.3, -0.25) is 4.79 Å². The number of hydrogen-bond donors (Lipinski definition) is 1. The van der Waals surface area contributed by atoms with Gasteiger partial charge in [0, 0.05) is 19.3 Å². The number of aliphatic hydroxyl groups is 1. The van der Waals surface area contributed by atoms with Crippen LogP contribution in [0.1, 0.15) is 32.1 Å². The van der Waals surface area contributed by atoms with Gasteiger partial charge in [0.1, 0.15) is 5.78 Å². The minimum atomic E-state index is -0.0863. The molecule has 0 bridgehead atoms. The molecule has 15 heavy (non-hydrogen) atoms. The molecule has 0 radical (unpaired) electrons. The van der Waals surface area contributed by atoms with Crippen LogP contribution in [0.25, 0.3) is 4.98 Å². The van der Waals surface area contributed by atoms with Crippen LogP contribution in [0.4, 0.5) is 0 Å². The third-order valence-corrected chi connectivity index (χ3v) is 1.82. The lowest BCUT2D eigenvalue weighted by molar-refractivity contribution is -0.119. The van der Waals surface area contributed by atoms with Crippen molar-refractivity contribution in [2.45, 2.75) is 32.1 Å². The highest BCUT2D eigenvalue weighted by molar-refractivity contribution is 5.78. The summed E-state index contributed by atoms with van der Waals surface area (Å²) in [4.78, 5) is 13.9. The predicted octanol–water partition coefficient (Wildman–Crippen LogP) is 3.10. The van der Waals surface area contributed by atoms with Crippen LogP contribution in [-0.2, 0) is 4.79 Å². The lowest BCUT2D eigenvalue weighted by Gasteiger charge is -1.97. The molecule has 0 heterocycles. The van der Waals surface area contributed by atoms with E-state index in [0.29, 0.717) is 6.42 Å². The number of hydrogen-bond acceptors (Lipinski definition) is 3. The average molecular weight is 207 g/mol. The van der Waals surface area contributed by atoms with Gasteiger partial charge in [0.15, 0.2) is 10.7 Å². The van der Waals surface area contributed by atoms with Crippen LogP contribution >= 0.6 is 0 Å². The third kappa shape index (κ3) is 8.48. The molecule has 0 aromatic heterocycles. The standard InChI is InChI=1S/C11H14N2O2/c1-2-3-4-5-6-10(14)7-8-11(15)9-13-12/h3,9H,1,4-8H2/p+1/b11-9-. The number of unbranched alkanes of at least 4 members (excludes halogenated alkanes) is 1. The first-order chi connectivity index (χ1) is 7.20. The smallest absolute Gasteiger partial charge is 0.387 e. The second-order valence-electron chi connectivity index (χ2n) is 3.08. The second kappa shape index (κ2) is 8.74. The second-order valence-corrected chi connectivity index (χ2v) is 3.08. The molecule has 0 saturated carbocycles. The van der Waals surface area contributed by atoms with Gasteiger partial charge >= 0.3 is 6.20 Å². The number of allylic oxidation sites excluding steroid dienone is 2. The molecule has 80 valence electrons. The van der Waals surface area contributed by atoms with E-state index in [1.54, 1.807) is 6.08 Å². The van der Waals surface area contributed by atoms with Gasteiger partial charge in [0.25, 0.3) is 0 Å². The number of diazo groups is 1. The Hall–Kier alpha value is -1.85. The molecule has 0 atom stereocenters. The number of rotatable bonds is 7. The Morgan fingerprint density at radius 1 is 1.47 bits per heavy atom. The van der Waals surface area contributed by atoms with Gasteiger partial charge in [0.05, 0.1) is 0 Å². The molecule has 0 fully saturated rings. The van der Waals surface area contributed by atoms with E-state index in [0.717, 1.165) is 19.0 Å². The van der Waals surface area contributed by atoms with E-state index in [1.807, 2.05) is 0 Å². The summed E-state index contributed by atoms with van der Waals surface area (Å²) in [5.74, 6) is 0.00203. The molecule has 0 amide bonds. The summed E-state index contributed by atoms with van der Waals surface area (Å²) in [5.41, 5.74) is 2.63. The van der Waals surface area contributed by atoms with Crippen LogP contribution in [0.15, 0.2) is 30.3 Å². The van der Waals surface area contributed by atoms with Crippen LogP contribution in [0.2, 0.25) is 0 Å². The van der Waals surface area contributed by atoms with Crippen molar-refractivity contribution in [1.82, 2.24) is 0 Å². The normalized spacial score (nSPS) is 10.2. The predicted molar refractivity (Wildman–Crippen MR) is 57.6 cm³/mol. The molecule has 0 saturated heterocycles. The first-order valence-corrected chi connectivity index (χ1v) is 4.79. The zero-order valence-electron chi connectivity index (χ0n) is 8.65. The summed E-state index contributed by atoms with van der Waals surface area (Å²) >= 11 is 0. The maximum atomic E-state index is 11.2. The Morgan fingerprint density at radius 3 is 2.80 bits per heavy atom. The summed E-state index contributed by atoms with van der Waals surface area (Å²) in [6, 6.07) is 0. The number of nitrogens with zero attached hydrogens (tertiary/aromatic N) is 2. The number of ketones is 1. The lowest BCUT2D eigenvalue weighted by atomic mass is 10.1. The van der Waals surface area contributed by atoms with Crippen LogP contribution in [0.3, 0.4) is 0 Å². The van der Waals surface area contributed by atoms with Crippen molar-refractivity contribution >= 4 is 5.78 Å². The van der Waals surface area contributed by atoms with Crippen molar-refractivity contribution < 1.29 is 9.90 Å². The topological polar surface area (TPSA) is 65.4 Å². The quantitative estimate of drug-likeness (QED) is 0.302. The van der Waals surface area contributed by atoms with E-state index in [-0.39, 0.29) is 24.4 Å². The van der Waals surface area contributed by atoms with Gasteiger partial charge in [-0.05, 0) is 18.9 Å². The van der Waals surface area contributed by atoms with E-state index >= 15 is 0 Å². The summed E-state index contributed by atoms with van der Waals surface area (Å²) in [6.45, 7) is 3.42. The van der Waals surface area contributed by atoms with E-state index in [4.69, 9.17) is 10.5 Å². The Kier molecular flexibility index (Phi) is 7.66. The highest BCUT2D eigenvalue weighted by Crippen LogP contribution is 2.06. The zero-order chi connectivity index (χ0) is 11.5. The molecule has 0 aromatic rings. The summed E-state index contributed by atoms with van der Waals surface area (Å²) in [5, 5.41) is 17.1. The van der Waals surface area contributed by atoms with Gasteiger partial charge in [-0.25, -0.2) is 0 Å². The maximum Gasteiger partial charge on any atom is 0.387 e. The monoisotopic (exact) mass is 207 g/mol. The molecule has 0 rings (SSSR count). The van der Waals surface area contributed by atoms with Crippen LogP contribution in [0, 0.1) is 5.39 Å². The van der Waals surface area contributed by atoms with Crippen LogP contribution in [-0.4, -0.2) is 10.9 Å². The SMILES string of the molecule is C=C=CCCCC(=O)CC/C(O)=C/[N+]#N. The molecule has 0 spiro atoms. The lowest BCUT2D eigenvalue weighted by Crippen LogP contribution is -1.98. The number of Topliss-reactive ketones (excluding diaryl/α,β-unsaturated/α-hetero) is 1. The van der Waals surface area contributed by atoms with Gasteiger partial charge in [0.2, 0.25) is 5.39 Å². The van der Waals surface area contributed by atoms with E-state index < -0.39 is 0 Å². The molecule has 0 aliphatic rings. The van der Waals surface area contributed by atoms with Gasteiger partial charge in [-0.2, -0.15) is 0 Å². The van der Waals surface area contributed by atoms with Crippen molar-refractivity contribution in [1.29, 1.82) is 5.39 Å². The first kappa shape index (κ1) is 13.2. The summed E-state index contributed by atoms with van der Waals surface area (Å²) in [7, 11) is 0. The molecule has 0 aromatic carbocycles. The molecule has 0 aliphatic heterocycles. The molecule has 0 unspecified atom stereocenters. The molecule has 4 nitrogen and oxygen atoms in total. The highest BCUT2D eigenvalue weighted by Gasteiger charge is 2.05. The Labute approximate surface area is 89.2 Å². The van der Waals surface area contributed by atoms with Gasteiger partial charge in [-0.1, -0.05) is 6.58 Å². The fraction of sp³-hybridized carbons (Fsp3) is 0.455. The molecule has 4 heteroatoms. The third-order valence-electron chi connectivity index (χ3n) is 1.82. The molecular formula is C11H15N2O2+. The van der Waals surface area contributed by atoms with Crippen molar-refractivity contribution in [3.05, 3.63) is 35.3 Å². The Balaban J connectivity index is 3.63. The average Bonchev–Trinajstić information content (AvgIpc) is 2.22. The number of aliphatic hydroxyl groups excluding tert-OH is 1. The summed E-state index contributed by atoms with van der Waals surface area (Å²) < 4.78 is 0. The van der Waals surface area contributed by atoms with Crippen LogP contribution < -0.4 is 0 Å². The van der Waals surface area contributed by atoms with E-state index in [9.17, 15) is 4.79 Å². The van der Waals surface area contributed by atoms with Crippen molar-refractivity contribution in [2.24, 2.45) is 0 Å². The minimum Gasteiger partial charge on any atom is -0.505 e.